The Morgan fingerprint density at radius 3 is 2.27 bits per heavy atom. The second kappa shape index (κ2) is 6.21. The molecule has 0 radical (unpaired) electrons. The Bertz CT molecular complexity index is 303. The van der Waals surface area contributed by atoms with Crippen LogP contribution in [0.3, 0.4) is 0 Å². The summed E-state index contributed by atoms with van der Waals surface area (Å²) in [6, 6.07) is 10.5. The van der Waals surface area contributed by atoms with E-state index in [2.05, 4.69) is 43.3 Å². The first kappa shape index (κ1) is 12.6. The normalized spacial score (nSPS) is 20.6. The number of rotatable bonds is 1. The van der Waals surface area contributed by atoms with Gasteiger partial charge >= 0.3 is 18.9 Å². The SMILES string of the molecule is CC1CCC(=[C-]c2ccccc2)CC1.[Li+]. The van der Waals surface area contributed by atoms with Gasteiger partial charge in [0.1, 0.15) is 0 Å². The molecule has 1 fully saturated rings. The molecule has 0 amide bonds. The van der Waals surface area contributed by atoms with E-state index in [-0.39, 0.29) is 18.9 Å². The van der Waals surface area contributed by atoms with Gasteiger partial charge in [-0.25, -0.2) is 0 Å². The van der Waals surface area contributed by atoms with E-state index < -0.39 is 0 Å². The molecule has 1 heteroatoms. The number of allylic oxidation sites excluding steroid dienone is 1. The Hall–Kier alpha value is -0.443. The Morgan fingerprint density at radius 2 is 1.67 bits per heavy atom. The molecule has 2 rings (SSSR count). The van der Waals surface area contributed by atoms with Crippen molar-refractivity contribution < 1.29 is 18.9 Å². The van der Waals surface area contributed by atoms with E-state index in [1.54, 1.807) is 0 Å². The zero-order valence-corrected chi connectivity index (χ0v) is 9.79. The smallest absolute Gasteiger partial charge is 0.193 e. The average Bonchev–Trinajstić information content (AvgIpc) is 2.23. The minimum atomic E-state index is 0. The summed E-state index contributed by atoms with van der Waals surface area (Å²) in [5, 5.41) is 0. The fourth-order valence-corrected chi connectivity index (χ4v) is 1.96. The van der Waals surface area contributed by atoms with E-state index in [0.29, 0.717) is 0 Å². The van der Waals surface area contributed by atoms with E-state index in [1.807, 2.05) is 0 Å². The van der Waals surface area contributed by atoms with E-state index in [0.717, 1.165) is 5.92 Å². The molecule has 0 aliphatic heterocycles. The second-order valence-electron chi connectivity index (χ2n) is 4.28. The fourth-order valence-electron chi connectivity index (χ4n) is 1.96. The van der Waals surface area contributed by atoms with Crippen LogP contribution in [0.15, 0.2) is 35.9 Å². The van der Waals surface area contributed by atoms with Gasteiger partial charge in [0.05, 0.1) is 0 Å². The zero-order chi connectivity index (χ0) is 9.80. The van der Waals surface area contributed by atoms with Gasteiger partial charge in [0.15, 0.2) is 0 Å². The summed E-state index contributed by atoms with van der Waals surface area (Å²) < 4.78 is 0. The molecule has 1 saturated carbocycles. The van der Waals surface area contributed by atoms with Crippen molar-refractivity contribution in [2.45, 2.75) is 32.6 Å². The standard InChI is InChI=1S/C14H17.Li/c1-12-7-9-14(10-8-12)11-13-5-3-2-4-6-13;/h2-6,12H,7-10H2,1H3;/q-1;+1. The largest absolute Gasteiger partial charge is 1.00 e. The van der Waals surface area contributed by atoms with Crippen molar-refractivity contribution in [1.29, 1.82) is 0 Å². The molecular weight excluding hydrogens is 175 g/mol. The Labute approximate surface area is 105 Å². The maximum absolute atomic E-state index is 3.52. The first-order valence-electron chi connectivity index (χ1n) is 5.51. The van der Waals surface area contributed by atoms with Crippen molar-refractivity contribution in [1.82, 2.24) is 0 Å². The van der Waals surface area contributed by atoms with Gasteiger partial charge in [0, 0.05) is 0 Å². The Morgan fingerprint density at radius 1 is 1.07 bits per heavy atom. The van der Waals surface area contributed by atoms with Crippen LogP contribution < -0.4 is 18.9 Å². The number of benzene rings is 1. The van der Waals surface area contributed by atoms with Crippen molar-refractivity contribution in [2.24, 2.45) is 5.92 Å². The summed E-state index contributed by atoms with van der Waals surface area (Å²) in [7, 11) is 0. The first-order chi connectivity index (χ1) is 6.84. The maximum atomic E-state index is 3.52. The summed E-state index contributed by atoms with van der Waals surface area (Å²) in [5.41, 5.74) is 2.74. The Kier molecular flexibility index (Phi) is 5.23. The summed E-state index contributed by atoms with van der Waals surface area (Å²) in [4.78, 5) is 0. The van der Waals surface area contributed by atoms with Crippen LogP contribution in [0.5, 0.6) is 0 Å². The minimum Gasteiger partial charge on any atom is -0.193 e. The minimum absolute atomic E-state index is 0. The molecule has 0 N–H and O–H groups in total. The van der Waals surface area contributed by atoms with Crippen molar-refractivity contribution >= 4 is 0 Å². The van der Waals surface area contributed by atoms with E-state index in [9.17, 15) is 0 Å². The van der Waals surface area contributed by atoms with E-state index in [1.165, 1.54) is 36.8 Å². The van der Waals surface area contributed by atoms with Crippen LogP contribution in [-0.4, -0.2) is 0 Å². The van der Waals surface area contributed by atoms with Crippen molar-refractivity contribution in [2.75, 3.05) is 0 Å². The average molecular weight is 192 g/mol. The van der Waals surface area contributed by atoms with Gasteiger partial charge in [-0.05, 0) is 31.6 Å². The summed E-state index contributed by atoms with van der Waals surface area (Å²) in [6.45, 7) is 2.35. The van der Waals surface area contributed by atoms with Gasteiger partial charge in [-0.2, -0.15) is 23.8 Å². The molecular formula is C14H17Li. The molecule has 74 valence electrons. The van der Waals surface area contributed by atoms with Crippen LogP contribution >= 0.6 is 0 Å². The van der Waals surface area contributed by atoms with Gasteiger partial charge in [0.2, 0.25) is 0 Å². The quantitative estimate of drug-likeness (QED) is 0.459. The van der Waals surface area contributed by atoms with Gasteiger partial charge in [-0.1, -0.05) is 13.0 Å². The maximum Gasteiger partial charge on any atom is 1.00 e. The number of hydrogen-bond donors (Lipinski definition) is 0. The summed E-state index contributed by atoms with van der Waals surface area (Å²) in [6.07, 6.45) is 8.70. The molecule has 0 atom stereocenters. The van der Waals surface area contributed by atoms with Crippen molar-refractivity contribution in [3.05, 3.63) is 47.5 Å². The molecule has 1 aliphatic carbocycles. The van der Waals surface area contributed by atoms with Crippen LogP contribution in [-0.2, 0) is 0 Å². The monoisotopic (exact) mass is 192 g/mol. The summed E-state index contributed by atoms with van der Waals surface area (Å²) in [5.74, 6) is 0.913. The third kappa shape index (κ3) is 3.90. The molecule has 15 heavy (non-hydrogen) atoms. The molecule has 1 aliphatic rings. The molecule has 1 aromatic carbocycles. The molecule has 0 spiro atoms. The van der Waals surface area contributed by atoms with Gasteiger partial charge in [0.25, 0.3) is 0 Å². The van der Waals surface area contributed by atoms with Crippen LogP contribution in [0.1, 0.15) is 38.2 Å². The third-order valence-electron chi connectivity index (χ3n) is 2.97. The van der Waals surface area contributed by atoms with Gasteiger partial charge < -0.3 is 0 Å². The van der Waals surface area contributed by atoms with Crippen LogP contribution in [0.2, 0.25) is 0 Å². The van der Waals surface area contributed by atoms with Crippen molar-refractivity contribution in [3.8, 4) is 0 Å². The molecule has 0 bridgehead atoms. The molecule has 0 nitrogen and oxygen atoms in total. The predicted molar refractivity (Wildman–Crippen MR) is 59.9 cm³/mol. The van der Waals surface area contributed by atoms with Crippen LogP contribution in [0.25, 0.3) is 0 Å². The molecule has 0 saturated heterocycles. The van der Waals surface area contributed by atoms with E-state index >= 15 is 0 Å². The molecule has 0 aromatic heterocycles. The number of hydrogen-bond acceptors (Lipinski definition) is 0. The van der Waals surface area contributed by atoms with Crippen LogP contribution in [0, 0.1) is 12.0 Å². The Balaban J connectivity index is 0.00000112. The topological polar surface area (TPSA) is 0 Å². The third-order valence-corrected chi connectivity index (χ3v) is 2.97. The van der Waals surface area contributed by atoms with Gasteiger partial charge in [-0.15, -0.1) is 17.7 Å². The van der Waals surface area contributed by atoms with Crippen LogP contribution in [0.4, 0.5) is 0 Å². The predicted octanol–water partition coefficient (Wildman–Crippen LogP) is 0.978. The molecule has 0 heterocycles. The molecule has 0 unspecified atom stereocenters. The fraction of sp³-hybridized carbons (Fsp3) is 0.429. The second-order valence-corrected chi connectivity index (χ2v) is 4.28. The van der Waals surface area contributed by atoms with E-state index in [4.69, 9.17) is 0 Å². The summed E-state index contributed by atoms with van der Waals surface area (Å²) >= 11 is 0. The first-order valence-corrected chi connectivity index (χ1v) is 5.51. The van der Waals surface area contributed by atoms with Crippen molar-refractivity contribution in [3.63, 3.8) is 0 Å². The van der Waals surface area contributed by atoms with Gasteiger partial charge in [-0.3, -0.25) is 0 Å². The zero-order valence-electron chi connectivity index (χ0n) is 9.79. The molecule has 1 aromatic rings.